The van der Waals surface area contributed by atoms with Crippen molar-refractivity contribution in [3.8, 4) is 0 Å². The summed E-state index contributed by atoms with van der Waals surface area (Å²) < 4.78 is 4.82. The van der Waals surface area contributed by atoms with Crippen molar-refractivity contribution in [2.45, 2.75) is 19.4 Å². The highest BCUT2D eigenvalue weighted by Gasteiger charge is 2.22. The molecule has 104 valence electrons. The molecule has 0 saturated carbocycles. The van der Waals surface area contributed by atoms with E-state index in [1.807, 2.05) is 14.1 Å². The Morgan fingerprint density at radius 2 is 2.21 bits per heavy atom. The molecule has 0 aliphatic carbocycles. The van der Waals surface area contributed by atoms with Crippen molar-refractivity contribution in [2.24, 2.45) is 0 Å². The first-order chi connectivity index (χ1) is 9.11. The minimum absolute atomic E-state index is 0.381. The first kappa shape index (κ1) is 13.9. The van der Waals surface area contributed by atoms with E-state index in [2.05, 4.69) is 20.2 Å². The summed E-state index contributed by atoms with van der Waals surface area (Å²) >= 11 is 0. The number of carbonyl (C=O) groups excluding carboxylic acids is 1. The molecule has 6 nitrogen and oxygen atoms in total. The van der Waals surface area contributed by atoms with Crippen LogP contribution in [0.1, 0.15) is 27.6 Å². The van der Waals surface area contributed by atoms with Crippen LogP contribution in [0.5, 0.6) is 0 Å². The Morgan fingerprint density at radius 1 is 1.42 bits per heavy atom. The molecule has 19 heavy (non-hydrogen) atoms. The third-order valence-corrected chi connectivity index (χ3v) is 3.14. The molecular formula is C13H20N4O2. The minimum atomic E-state index is -0.381. The fourth-order valence-corrected chi connectivity index (χ4v) is 2.10. The Labute approximate surface area is 113 Å². The van der Waals surface area contributed by atoms with Crippen molar-refractivity contribution in [1.82, 2.24) is 20.2 Å². The highest BCUT2D eigenvalue weighted by atomic mass is 16.5. The fraction of sp³-hybridized carbons (Fsp3) is 0.615. The van der Waals surface area contributed by atoms with Crippen molar-refractivity contribution in [3.05, 3.63) is 22.8 Å². The lowest BCUT2D eigenvalue weighted by molar-refractivity contribution is 0.0591. The van der Waals surface area contributed by atoms with E-state index in [0.717, 1.165) is 43.0 Å². The summed E-state index contributed by atoms with van der Waals surface area (Å²) in [6, 6.07) is 0. The van der Waals surface area contributed by atoms with Crippen molar-refractivity contribution < 1.29 is 9.53 Å². The van der Waals surface area contributed by atoms with Gasteiger partial charge in [0.2, 0.25) is 0 Å². The van der Waals surface area contributed by atoms with Gasteiger partial charge < -0.3 is 15.0 Å². The average Bonchev–Trinajstić information content (AvgIpc) is 2.43. The monoisotopic (exact) mass is 264 g/mol. The molecule has 0 unspecified atom stereocenters. The van der Waals surface area contributed by atoms with Gasteiger partial charge in [-0.05, 0) is 14.1 Å². The van der Waals surface area contributed by atoms with Gasteiger partial charge in [0, 0.05) is 38.0 Å². The average molecular weight is 264 g/mol. The van der Waals surface area contributed by atoms with E-state index >= 15 is 0 Å². The molecule has 1 aliphatic rings. The number of fused-ring (bicyclic) bond motifs is 1. The number of likely N-dealkylation sites (N-methyl/N-ethyl adjacent to an activating group) is 1. The van der Waals surface area contributed by atoms with Gasteiger partial charge in [-0.1, -0.05) is 0 Å². The van der Waals surface area contributed by atoms with Crippen LogP contribution in [0, 0.1) is 0 Å². The molecule has 1 aromatic rings. The Morgan fingerprint density at radius 3 is 2.89 bits per heavy atom. The summed E-state index contributed by atoms with van der Waals surface area (Å²) in [6.45, 7) is 2.38. The normalized spacial score (nSPS) is 14.3. The molecule has 2 heterocycles. The first-order valence-electron chi connectivity index (χ1n) is 6.44. The van der Waals surface area contributed by atoms with Crippen LogP contribution in [0.3, 0.4) is 0 Å². The zero-order chi connectivity index (χ0) is 13.8. The topological polar surface area (TPSA) is 67.3 Å². The molecule has 1 aromatic heterocycles. The van der Waals surface area contributed by atoms with Crippen LogP contribution in [-0.2, 0) is 24.1 Å². The van der Waals surface area contributed by atoms with E-state index in [1.165, 1.54) is 7.11 Å². The molecule has 0 spiro atoms. The van der Waals surface area contributed by atoms with E-state index in [4.69, 9.17) is 4.74 Å². The molecule has 0 bridgehead atoms. The molecule has 0 atom stereocenters. The lowest BCUT2D eigenvalue weighted by Crippen LogP contribution is -2.29. The molecule has 1 N–H and O–H groups in total. The van der Waals surface area contributed by atoms with Crippen LogP contribution < -0.4 is 5.32 Å². The van der Waals surface area contributed by atoms with Gasteiger partial charge in [-0.15, -0.1) is 0 Å². The number of hydrogen-bond acceptors (Lipinski definition) is 6. The first-order valence-corrected chi connectivity index (χ1v) is 6.44. The molecule has 0 radical (unpaired) electrons. The summed E-state index contributed by atoms with van der Waals surface area (Å²) in [4.78, 5) is 22.9. The Kier molecular flexibility index (Phi) is 4.44. The lowest BCUT2D eigenvalue weighted by Gasteiger charge is -2.19. The predicted molar refractivity (Wildman–Crippen MR) is 71.0 cm³/mol. The SMILES string of the molecule is COC(=O)c1nc(CCN(C)C)nc2c1CNCC2. The second kappa shape index (κ2) is 6.08. The van der Waals surface area contributed by atoms with Crippen LogP contribution in [0.15, 0.2) is 0 Å². The highest BCUT2D eigenvalue weighted by molar-refractivity contribution is 5.89. The van der Waals surface area contributed by atoms with E-state index < -0.39 is 0 Å². The van der Waals surface area contributed by atoms with Gasteiger partial charge in [-0.3, -0.25) is 0 Å². The largest absolute Gasteiger partial charge is 0.464 e. The summed E-state index contributed by atoms with van der Waals surface area (Å²) in [6.07, 6.45) is 1.56. The van der Waals surface area contributed by atoms with E-state index in [0.29, 0.717) is 12.2 Å². The predicted octanol–water partition coefficient (Wildman–Crippen LogP) is 0.0130. The summed E-state index contributed by atoms with van der Waals surface area (Å²) in [5, 5.41) is 3.23. The van der Waals surface area contributed by atoms with Crippen LogP contribution in [0.2, 0.25) is 0 Å². The number of carbonyl (C=O) groups is 1. The Hall–Kier alpha value is -1.53. The van der Waals surface area contributed by atoms with Crippen molar-refractivity contribution in [2.75, 3.05) is 34.3 Å². The number of hydrogen-bond donors (Lipinski definition) is 1. The summed E-state index contributed by atoms with van der Waals surface area (Å²) in [7, 11) is 5.39. The third kappa shape index (κ3) is 3.27. The Balaban J connectivity index is 2.33. The molecule has 0 saturated heterocycles. The number of rotatable bonds is 4. The highest BCUT2D eigenvalue weighted by Crippen LogP contribution is 2.16. The standard InChI is InChI=1S/C13H20N4O2/c1-17(2)7-5-11-15-10-4-6-14-8-9(10)12(16-11)13(18)19-3/h14H,4-8H2,1-3H3. The maximum absolute atomic E-state index is 11.8. The lowest BCUT2D eigenvalue weighted by atomic mass is 10.0. The van der Waals surface area contributed by atoms with Gasteiger partial charge in [0.05, 0.1) is 12.8 Å². The van der Waals surface area contributed by atoms with Crippen LogP contribution in [0.4, 0.5) is 0 Å². The number of ether oxygens (including phenoxy) is 1. The van der Waals surface area contributed by atoms with Gasteiger partial charge in [0.25, 0.3) is 0 Å². The van der Waals surface area contributed by atoms with Crippen molar-refractivity contribution >= 4 is 5.97 Å². The number of methoxy groups -OCH3 is 1. The maximum Gasteiger partial charge on any atom is 0.357 e. The number of nitrogens with zero attached hydrogens (tertiary/aromatic N) is 3. The van der Waals surface area contributed by atoms with Crippen molar-refractivity contribution in [3.63, 3.8) is 0 Å². The molecule has 2 rings (SSSR count). The van der Waals surface area contributed by atoms with Gasteiger partial charge in [-0.2, -0.15) is 0 Å². The molecule has 0 amide bonds. The molecule has 6 heteroatoms. The summed E-state index contributed by atoms with van der Waals surface area (Å²) in [5.74, 6) is 0.336. The minimum Gasteiger partial charge on any atom is -0.464 e. The van der Waals surface area contributed by atoms with E-state index in [1.54, 1.807) is 0 Å². The smallest absolute Gasteiger partial charge is 0.357 e. The van der Waals surface area contributed by atoms with Gasteiger partial charge in [0.1, 0.15) is 5.82 Å². The second-order valence-electron chi connectivity index (χ2n) is 4.89. The zero-order valence-corrected chi connectivity index (χ0v) is 11.7. The van der Waals surface area contributed by atoms with Gasteiger partial charge in [0.15, 0.2) is 5.69 Å². The number of aromatic nitrogens is 2. The van der Waals surface area contributed by atoms with Gasteiger partial charge >= 0.3 is 5.97 Å². The number of esters is 1. The van der Waals surface area contributed by atoms with Crippen LogP contribution >= 0.6 is 0 Å². The molecule has 0 aromatic carbocycles. The quantitative estimate of drug-likeness (QED) is 0.773. The van der Waals surface area contributed by atoms with Crippen LogP contribution in [-0.4, -0.2) is 55.1 Å². The number of nitrogens with one attached hydrogen (secondary N) is 1. The maximum atomic E-state index is 11.8. The van der Waals surface area contributed by atoms with E-state index in [-0.39, 0.29) is 5.97 Å². The molecular weight excluding hydrogens is 244 g/mol. The second-order valence-corrected chi connectivity index (χ2v) is 4.89. The fourth-order valence-electron chi connectivity index (χ4n) is 2.10. The van der Waals surface area contributed by atoms with Gasteiger partial charge in [-0.25, -0.2) is 14.8 Å². The third-order valence-electron chi connectivity index (χ3n) is 3.14. The van der Waals surface area contributed by atoms with Crippen molar-refractivity contribution in [1.29, 1.82) is 0 Å². The van der Waals surface area contributed by atoms with Crippen LogP contribution in [0.25, 0.3) is 0 Å². The Bertz CT molecular complexity index is 474. The zero-order valence-electron chi connectivity index (χ0n) is 11.7. The molecule has 0 fully saturated rings. The summed E-state index contributed by atoms with van der Waals surface area (Å²) in [5.41, 5.74) is 2.27. The van der Waals surface area contributed by atoms with E-state index in [9.17, 15) is 4.79 Å². The molecule has 1 aliphatic heterocycles.